The lowest BCUT2D eigenvalue weighted by molar-refractivity contribution is 1.07. The van der Waals surface area contributed by atoms with Crippen LogP contribution in [0.5, 0.6) is 0 Å². The molecule has 0 aliphatic heterocycles. The first-order valence-corrected chi connectivity index (χ1v) is 5.54. The Kier molecular flexibility index (Phi) is 21.3. The maximum atomic E-state index is 2.25. The van der Waals surface area contributed by atoms with E-state index < -0.39 is 0 Å². The average molecular weight is 148 g/mol. The Hall–Kier alpha value is 0.430. The maximum Gasteiger partial charge on any atom is -0.0356 e. The highest BCUT2D eigenvalue weighted by atomic mass is 31.1. The van der Waals surface area contributed by atoms with E-state index in [-0.39, 0.29) is 0 Å². The second kappa shape index (κ2) is 15.8. The van der Waals surface area contributed by atoms with Crippen molar-refractivity contribution in [3.05, 3.63) is 0 Å². The van der Waals surface area contributed by atoms with Crippen LogP contribution in [0.4, 0.5) is 0 Å². The van der Waals surface area contributed by atoms with Crippen LogP contribution in [0.25, 0.3) is 0 Å². The van der Waals surface area contributed by atoms with E-state index in [9.17, 15) is 0 Å². The molecule has 0 aliphatic carbocycles. The first-order chi connectivity index (χ1) is 4.41. The lowest BCUT2D eigenvalue weighted by Gasteiger charge is -1.91. The molecule has 0 unspecified atom stereocenters. The van der Waals surface area contributed by atoms with Crippen molar-refractivity contribution in [2.75, 3.05) is 12.3 Å². The van der Waals surface area contributed by atoms with Gasteiger partial charge in [0.15, 0.2) is 0 Å². The third kappa shape index (κ3) is 17.8. The first kappa shape index (κ1) is 12.1. The van der Waals surface area contributed by atoms with Crippen LogP contribution in [0.15, 0.2) is 0 Å². The van der Waals surface area contributed by atoms with Crippen LogP contribution in [0.3, 0.4) is 0 Å². The van der Waals surface area contributed by atoms with E-state index in [0.29, 0.717) is 0 Å². The number of rotatable bonds is 4. The number of hydrogen-bond acceptors (Lipinski definition) is 0. The summed E-state index contributed by atoms with van der Waals surface area (Å²) >= 11 is 0. The zero-order valence-corrected chi connectivity index (χ0v) is 8.33. The molecule has 0 saturated carbocycles. The summed E-state index contributed by atoms with van der Waals surface area (Å²) in [6, 6.07) is 0. The smallest absolute Gasteiger partial charge is 0.0356 e. The largest absolute Gasteiger partial charge is 0.122 e. The van der Waals surface area contributed by atoms with E-state index in [4.69, 9.17) is 0 Å². The van der Waals surface area contributed by atoms with Crippen molar-refractivity contribution < 1.29 is 0 Å². The van der Waals surface area contributed by atoms with Crippen LogP contribution in [0.2, 0.25) is 0 Å². The van der Waals surface area contributed by atoms with Crippen molar-refractivity contribution in [2.24, 2.45) is 0 Å². The van der Waals surface area contributed by atoms with Gasteiger partial charge in [-0.15, -0.1) is 8.58 Å². The molecular formula is C8H21P. The first-order valence-electron chi connectivity index (χ1n) is 4.12. The molecule has 0 radical (unpaired) electrons. The van der Waals surface area contributed by atoms with Crippen molar-refractivity contribution in [1.82, 2.24) is 0 Å². The second-order valence-electron chi connectivity index (χ2n) is 1.75. The zero-order chi connectivity index (χ0) is 7.54. The molecule has 0 amide bonds. The van der Waals surface area contributed by atoms with E-state index in [1.165, 1.54) is 33.7 Å². The van der Waals surface area contributed by atoms with E-state index >= 15 is 0 Å². The lowest BCUT2D eigenvalue weighted by Crippen LogP contribution is -1.72. The summed E-state index contributed by atoms with van der Waals surface area (Å²) in [5.74, 6) is 0. The summed E-state index contributed by atoms with van der Waals surface area (Å²) in [6.45, 7) is 8.51. The molecule has 0 fully saturated rings. The molecule has 0 aliphatic rings. The molecular weight excluding hydrogens is 127 g/mol. The van der Waals surface area contributed by atoms with E-state index in [2.05, 4.69) is 13.8 Å². The molecule has 0 rings (SSSR count). The summed E-state index contributed by atoms with van der Waals surface area (Å²) in [5.41, 5.74) is 0. The molecule has 0 aromatic carbocycles. The normalized spacial score (nSPS) is 8.00. The van der Waals surface area contributed by atoms with Gasteiger partial charge < -0.3 is 0 Å². The van der Waals surface area contributed by atoms with Crippen LogP contribution in [0, 0.1) is 0 Å². The van der Waals surface area contributed by atoms with E-state index in [1.54, 1.807) is 0 Å². The van der Waals surface area contributed by atoms with Gasteiger partial charge in [0.25, 0.3) is 0 Å². The standard InChI is InChI=1S/C6H15P.C2H6/c1-3-5-7-6-4-2;1-2/h7H,3-6H2,1-2H3;1-2H3. The van der Waals surface area contributed by atoms with Gasteiger partial charge in [-0.3, -0.25) is 0 Å². The van der Waals surface area contributed by atoms with Crippen molar-refractivity contribution in [2.45, 2.75) is 40.5 Å². The minimum atomic E-state index is 1.23. The van der Waals surface area contributed by atoms with Crippen molar-refractivity contribution in [3.8, 4) is 0 Å². The van der Waals surface area contributed by atoms with Gasteiger partial charge in [0.1, 0.15) is 0 Å². The van der Waals surface area contributed by atoms with Crippen molar-refractivity contribution >= 4 is 8.58 Å². The molecule has 58 valence electrons. The highest BCUT2D eigenvalue weighted by Gasteiger charge is 1.79. The predicted molar refractivity (Wildman–Crippen MR) is 50.0 cm³/mol. The summed E-state index contributed by atoms with van der Waals surface area (Å²) in [5, 5.41) is 0. The van der Waals surface area contributed by atoms with Crippen LogP contribution >= 0.6 is 8.58 Å². The fraction of sp³-hybridized carbons (Fsp3) is 1.00. The molecule has 0 N–H and O–H groups in total. The van der Waals surface area contributed by atoms with Gasteiger partial charge in [-0.25, -0.2) is 0 Å². The molecule has 0 saturated heterocycles. The molecule has 0 heterocycles. The predicted octanol–water partition coefficient (Wildman–Crippen LogP) is 3.51. The van der Waals surface area contributed by atoms with E-state index in [1.807, 2.05) is 13.8 Å². The Labute approximate surface area is 62.2 Å². The Morgan fingerprint density at radius 2 is 1.22 bits per heavy atom. The van der Waals surface area contributed by atoms with Gasteiger partial charge in [-0.05, 0) is 12.3 Å². The Morgan fingerprint density at radius 1 is 0.889 bits per heavy atom. The quantitative estimate of drug-likeness (QED) is 0.422. The Balaban J connectivity index is 0. The topological polar surface area (TPSA) is 0 Å². The summed E-state index contributed by atoms with van der Waals surface area (Å²) in [6.07, 6.45) is 5.65. The molecule has 9 heavy (non-hydrogen) atoms. The minimum absolute atomic E-state index is 1.23. The van der Waals surface area contributed by atoms with Crippen LogP contribution in [0.1, 0.15) is 40.5 Å². The minimum Gasteiger partial charge on any atom is -0.122 e. The summed E-state index contributed by atoms with van der Waals surface area (Å²) < 4.78 is 0. The average Bonchev–Trinajstić information content (AvgIpc) is 1.94. The molecule has 0 nitrogen and oxygen atoms in total. The van der Waals surface area contributed by atoms with Gasteiger partial charge >= 0.3 is 0 Å². The fourth-order valence-electron chi connectivity index (χ4n) is 0.479. The van der Waals surface area contributed by atoms with Gasteiger partial charge in [-0.1, -0.05) is 40.5 Å². The third-order valence-electron chi connectivity index (χ3n) is 0.854. The molecule has 0 atom stereocenters. The highest BCUT2D eigenvalue weighted by molar-refractivity contribution is 7.37. The lowest BCUT2D eigenvalue weighted by atomic mass is 10.6. The van der Waals surface area contributed by atoms with Crippen molar-refractivity contribution in [3.63, 3.8) is 0 Å². The molecule has 0 spiro atoms. The summed E-state index contributed by atoms with van der Waals surface area (Å²) in [4.78, 5) is 0. The third-order valence-corrected chi connectivity index (χ3v) is 2.56. The van der Waals surface area contributed by atoms with Gasteiger partial charge in [0.05, 0.1) is 0 Å². The van der Waals surface area contributed by atoms with Crippen LogP contribution < -0.4 is 0 Å². The summed E-state index contributed by atoms with van der Waals surface area (Å²) in [7, 11) is 1.23. The van der Waals surface area contributed by atoms with Gasteiger partial charge in [0, 0.05) is 0 Å². The van der Waals surface area contributed by atoms with Crippen LogP contribution in [-0.4, -0.2) is 12.3 Å². The van der Waals surface area contributed by atoms with Crippen LogP contribution in [-0.2, 0) is 0 Å². The Morgan fingerprint density at radius 3 is 1.44 bits per heavy atom. The number of hydrogen-bond donors (Lipinski definition) is 0. The second-order valence-corrected chi connectivity index (χ2v) is 3.25. The molecule has 1 heteroatoms. The SMILES string of the molecule is CC.CCCPCCC. The van der Waals surface area contributed by atoms with E-state index in [0.717, 1.165) is 0 Å². The highest BCUT2D eigenvalue weighted by Crippen LogP contribution is 2.10. The van der Waals surface area contributed by atoms with Gasteiger partial charge in [-0.2, -0.15) is 0 Å². The fourth-order valence-corrected chi connectivity index (χ4v) is 1.44. The van der Waals surface area contributed by atoms with Crippen molar-refractivity contribution in [1.29, 1.82) is 0 Å². The van der Waals surface area contributed by atoms with Gasteiger partial charge in [0.2, 0.25) is 0 Å². The molecule has 0 bridgehead atoms. The molecule has 0 aromatic heterocycles. The Bertz CT molecular complexity index is 23.7. The molecule has 0 aromatic rings. The zero-order valence-electron chi connectivity index (χ0n) is 7.33. The monoisotopic (exact) mass is 148 g/mol. The maximum absolute atomic E-state index is 2.25.